The van der Waals surface area contributed by atoms with E-state index < -0.39 is 0 Å². The molecule has 0 aromatic heterocycles. The van der Waals surface area contributed by atoms with E-state index in [0.29, 0.717) is 0 Å². The standard InChI is InChI=1S/C15H28N2/c1-5-16(6-2)15(11-10-14(3)4)17-12-8-7-9-13-17/h10-11H,5-9,12-13H2,1-4H3/b15-11-. The summed E-state index contributed by atoms with van der Waals surface area (Å²) >= 11 is 0. The largest absolute Gasteiger partial charge is 0.359 e. The molecule has 1 saturated heterocycles. The summed E-state index contributed by atoms with van der Waals surface area (Å²) in [6.07, 6.45) is 8.61. The van der Waals surface area contributed by atoms with Crippen molar-refractivity contribution in [2.75, 3.05) is 26.2 Å². The molecule has 2 heteroatoms. The van der Waals surface area contributed by atoms with Gasteiger partial charge in [-0.2, -0.15) is 0 Å². The molecule has 2 nitrogen and oxygen atoms in total. The lowest BCUT2D eigenvalue weighted by Gasteiger charge is -2.37. The van der Waals surface area contributed by atoms with Crippen molar-refractivity contribution in [3.8, 4) is 0 Å². The van der Waals surface area contributed by atoms with Crippen LogP contribution in [0.4, 0.5) is 0 Å². The fraction of sp³-hybridized carbons (Fsp3) is 0.733. The number of piperidine rings is 1. The van der Waals surface area contributed by atoms with Gasteiger partial charge in [-0.3, -0.25) is 0 Å². The van der Waals surface area contributed by atoms with Gasteiger partial charge in [-0.05, 0) is 53.0 Å². The van der Waals surface area contributed by atoms with Crippen LogP contribution in [0.1, 0.15) is 47.0 Å². The molecule has 1 fully saturated rings. The molecule has 1 rings (SSSR count). The third kappa shape index (κ3) is 4.45. The van der Waals surface area contributed by atoms with Gasteiger partial charge in [-0.15, -0.1) is 0 Å². The number of likely N-dealkylation sites (tertiary alicyclic amines) is 1. The van der Waals surface area contributed by atoms with Gasteiger partial charge < -0.3 is 9.80 Å². The Bertz CT molecular complexity index is 265. The number of hydrogen-bond acceptors (Lipinski definition) is 2. The minimum atomic E-state index is 1.09. The highest BCUT2D eigenvalue weighted by Crippen LogP contribution is 2.18. The fourth-order valence-corrected chi connectivity index (χ4v) is 2.32. The molecule has 0 spiro atoms. The molecule has 1 aliphatic heterocycles. The highest BCUT2D eigenvalue weighted by molar-refractivity contribution is 5.15. The molecule has 17 heavy (non-hydrogen) atoms. The van der Waals surface area contributed by atoms with Gasteiger partial charge >= 0.3 is 0 Å². The molecular weight excluding hydrogens is 208 g/mol. The first-order valence-corrected chi connectivity index (χ1v) is 7.04. The predicted molar refractivity (Wildman–Crippen MR) is 75.9 cm³/mol. The molecular formula is C15H28N2. The van der Waals surface area contributed by atoms with Crippen LogP contribution < -0.4 is 0 Å². The Labute approximate surface area is 107 Å². The van der Waals surface area contributed by atoms with E-state index in [1.54, 1.807) is 0 Å². The van der Waals surface area contributed by atoms with Crippen LogP contribution in [-0.4, -0.2) is 36.0 Å². The Hall–Kier alpha value is -0.920. The van der Waals surface area contributed by atoms with E-state index in [2.05, 4.69) is 49.6 Å². The number of rotatable bonds is 5. The van der Waals surface area contributed by atoms with Crippen LogP contribution in [0.2, 0.25) is 0 Å². The summed E-state index contributed by atoms with van der Waals surface area (Å²) in [7, 11) is 0. The molecule has 0 aromatic carbocycles. The molecule has 0 unspecified atom stereocenters. The van der Waals surface area contributed by atoms with Gasteiger partial charge in [0, 0.05) is 26.2 Å². The molecule has 0 bridgehead atoms. The first-order valence-electron chi connectivity index (χ1n) is 7.04. The minimum Gasteiger partial charge on any atom is -0.359 e. The SMILES string of the molecule is CCN(CC)/C(=C/C=C(C)C)N1CCCCC1. The topological polar surface area (TPSA) is 6.48 Å². The molecule has 0 saturated carbocycles. The molecule has 0 amide bonds. The molecule has 0 atom stereocenters. The number of allylic oxidation sites excluding steroid dienone is 3. The second kappa shape index (κ2) is 7.41. The zero-order chi connectivity index (χ0) is 12.7. The molecule has 98 valence electrons. The van der Waals surface area contributed by atoms with Crippen molar-refractivity contribution in [1.82, 2.24) is 9.80 Å². The predicted octanol–water partition coefficient (Wildman–Crippen LogP) is 3.62. The summed E-state index contributed by atoms with van der Waals surface area (Å²) in [6, 6.07) is 0. The van der Waals surface area contributed by atoms with Crippen LogP contribution in [0.5, 0.6) is 0 Å². The molecule has 0 aromatic rings. The van der Waals surface area contributed by atoms with E-state index in [-0.39, 0.29) is 0 Å². The van der Waals surface area contributed by atoms with Gasteiger partial charge in [0.25, 0.3) is 0 Å². The van der Waals surface area contributed by atoms with Gasteiger partial charge in [0.2, 0.25) is 0 Å². The van der Waals surface area contributed by atoms with E-state index >= 15 is 0 Å². The smallest absolute Gasteiger partial charge is 0.104 e. The van der Waals surface area contributed by atoms with Crippen LogP contribution in [0.15, 0.2) is 23.5 Å². The summed E-state index contributed by atoms with van der Waals surface area (Å²) in [6.45, 7) is 13.4. The van der Waals surface area contributed by atoms with Crippen molar-refractivity contribution >= 4 is 0 Å². The summed E-state index contributed by atoms with van der Waals surface area (Å²) in [4.78, 5) is 5.01. The van der Waals surface area contributed by atoms with Gasteiger partial charge in [0.05, 0.1) is 0 Å². The zero-order valence-electron chi connectivity index (χ0n) is 12.0. The summed E-state index contributed by atoms with van der Waals surface area (Å²) in [5, 5.41) is 0. The Morgan fingerprint density at radius 3 is 2.06 bits per heavy atom. The third-order valence-corrected chi connectivity index (χ3v) is 3.33. The van der Waals surface area contributed by atoms with Crippen molar-refractivity contribution < 1.29 is 0 Å². The normalized spacial score (nSPS) is 16.9. The maximum Gasteiger partial charge on any atom is 0.104 e. The Morgan fingerprint density at radius 2 is 1.59 bits per heavy atom. The maximum absolute atomic E-state index is 2.55. The molecule has 1 heterocycles. The Kier molecular flexibility index (Phi) is 6.17. The first-order chi connectivity index (χ1) is 8.19. The minimum absolute atomic E-state index is 1.09. The van der Waals surface area contributed by atoms with Crippen molar-refractivity contribution in [2.24, 2.45) is 0 Å². The molecule has 1 aliphatic rings. The first kappa shape index (κ1) is 14.1. The van der Waals surface area contributed by atoms with E-state index in [1.807, 2.05) is 0 Å². The van der Waals surface area contributed by atoms with Gasteiger partial charge in [-0.25, -0.2) is 0 Å². The second-order valence-corrected chi connectivity index (χ2v) is 4.99. The van der Waals surface area contributed by atoms with Crippen molar-refractivity contribution in [3.05, 3.63) is 23.5 Å². The van der Waals surface area contributed by atoms with Crippen molar-refractivity contribution in [1.29, 1.82) is 0 Å². The fourth-order valence-electron chi connectivity index (χ4n) is 2.32. The lowest BCUT2D eigenvalue weighted by molar-refractivity contribution is 0.194. The summed E-state index contributed by atoms with van der Waals surface area (Å²) in [5.41, 5.74) is 1.37. The van der Waals surface area contributed by atoms with E-state index in [4.69, 9.17) is 0 Å². The van der Waals surface area contributed by atoms with Crippen LogP contribution in [0, 0.1) is 0 Å². The van der Waals surface area contributed by atoms with E-state index in [0.717, 1.165) is 13.1 Å². The maximum atomic E-state index is 2.55. The van der Waals surface area contributed by atoms with Crippen LogP contribution in [0.3, 0.4) is 0 Å². The Balaban J connectivity index is 2.83. The molecule has 0 N–H and O–H groups in total. The summed E-state index contributed by atoms with van der Waals surface area (Å²) in [5.74, 6) is 1.41. The van der Waals surface area contributed by atoms with Gasteiger partial charge in [-0.1, -0.05) is 11.6 Å². The average molecular weight is 236 g/mol. The Morgan fingerprint density at radius 1 is 1.00 bits per heavy atom. The highest BCUT2D eigenvalue weighted by Gasteiger charge is 2.16. The monoisotopic (exact) mass is 236 g/mol. The lowest BCUT2D eigenvalue weighted by Crippen LogP contribution is -2.38. The van der Waals surface area contributed by atoms with E-state index in [9.17, 15) is 0 Å². The van der Waals surface area contributed by atoms with Gasteiger partial charge in [0.1, 0.15) is 5.82 Å². The highest BCUT2D eigenvalue weighted by atomic mass is 15.3. The molecule has 0 aliphatic carbocycles. The number of nitrogens with zero attached hydrogens (tertiary/aromatic N) is 2. The average Bonchev–Trinajstić information content (AvgIpc) is 2.35. The molecule has 0 radical (unpaired) electrons. The number of hydrogen-bond donors (Lipinski definition) is 0. The van der Waals surface area contributed by atoms with Crippen LogP contribution >= 0.6 is 0 Å². The lowest BCUT2D eigenvalue weighted by atomic mass is 10.1. The van der Waals surface area contributed by atoms with E-state index in [1.165, 1.54) is 43.7 Å². The van der Waals surface area contributed by atoms with Crippen molar-refractivity contribution in [2.45, 2.75) is 47.0 Å². The van der Waals surface area contributed by atoms with Gasteiger partial charge in [0.15, 0.2) is 0 Å². The third-order valence-electron chi connectivity index (χ3n) is 3.33. The zero-order valence-corrected chi connectivity index (χ0v) is 12.0. The second-order valence-electron chi connectivity index (χ2n) is 4.99. The van der Waals surface area contributed by atoms with Crippen LogP contribution in [0.25, 0.3) is 0 Å². The van der Waals surface area contributed by atoms with Crippen LogP contribution in [-0.2, 0) is 0 Å². The summed E-state index contributed by atoms with van der Waals surface area (Å²) < 4.78 is 0. The quantitative estimate of drug-likeness (QED) is 0.673. The van der Waals surface area contributed by atoms with Crippen molar-refractivity contribution in [3.63, 3.8) is 0 Å².